The van der Waals surface area contributed by atoms with Crippen molar-refractivity contribution in [2.24, 2.45) is 0 Å². The fourth-order valence-corrected chi connectivity index (χ4v) is 0.262. The Morgan fingerprint density at radius 2 is 2.43 bits per heavy atom. The van der Waals surface area contributed by atoms with Gasteiger partial charge in [0, 0.05) is 7.11 Å². The van der Waals surface area contributed by atoms with E-state index in [2.05, 4.69) is 8.92 Å². The highest BCUT2D eigenvalue weighted by atomic mass is 32.2. The Balaban J connectivity index is 2.82. The molecule has 0 aliphatic heterocycles. The van der Waals surface area contributed by atoms with E-state index in [0.29, 0.717) is 0 Å². The van der Waals surface area contributed by atoms with Gasteiger partial charge < -0.3 is 9.29 Å². The van der Waals surface area contributed by atoms with E-state index in [0.717, 1.165) is 0 Å². The summed E-state index contributed by atoms with van der Waals surface area (Å²) in [6.45, 7) is -0.212. The molecular weight excluding hydrogens is 120 g/mol. The molecule has 0 amide bonds. The van der Waals surface area contributed by atoms with Crippen molar-refractivity contribution in [3.63, 3.8) is 0 Å². The third kappa shape index (κ3) is 6.03. The minimum absolute atomic E-state index is 0.212. The summed E-state index contributed by atoms with van der Waals surface area (Å²) in [5.41, 5.74) is 0. The van der Waals surface area contributed by atoms with Gasteiger partial charge in [0.2, 0.25) is 0 Å². The molecule has 1 atom stereocenters. The molecule has 0 saturated carbocycles. The molecule has 0 aliphatic carbocycles. The van der Waals surface area contributed by atoms with E-state index in [1.807, 2.05) is 0 Å². The van der Waals surface area contributed by atoms with Crippen molar-refractivity contribution >= 4 is 11.4 Å². The van der Waals surface area contributed by atoms with Crippen LogP contribution in [0.4, 0.5) is 0 Å². The van der Waals surface area contributed by atoms with Gasteiger partial charge >= 0.3 is 0 Å². The van der Waals surface area contributed by atoms with Gasteiger partial charge in [-0.1, -0.05) is 0 Å². The van der Waals surface area contributed by atoms with Gasteiger partial charge in [-0.05, 0) is 0 Å². The predicted octanol–water partition coefficient (Wildman–Crippen LogP) is -0.599. The lowest BCUT2D eigenvalue weighted by molar-refractivity contribution is 0.0539. The van der Waals surface area contributed by atoms with Gasteiger partial charge in [0.25, 0.3) is 0 Å². The predicted molar refractivity (Wildman–Crippen MR) is 21.9 cm³/mol. The molecule has 0 fully saturated rings. The monoisotopic (exact) mass is 125 g/mol. The first kappa shape index (κ1) is 7.03. The van der Waals surface area contributed by atoms with Gasteiger partial charge in [0.05, 0.1) is 11.4 Å². The van der Waals surface area contributed by atoms with Gasteiger partial charge in [-0.25, -0.2) is 4.21 Å². The van der Waals surface area contributed by atoms with Crippen LogP contribution in [-0.2, 0) is 20.3 Å². The summed E-state index contributed by atoms with van der Waals surface area (Å²) in [7, 11) is 1.34. The number of rotatable bonds is 3. The minimum Gasteiger partial charge on any atom is -0.750 e. The van der Waals surface area contributed by atoms with Crippen molar-refractivity contribution in [2.45, 2.75) is 0 Å². The second-order valence-electron chi connectivity index (χ2n) is 0.729. The van der Waals surface area contributed by atoms with E-state index in [-0.39, 0.29) is 6.79 Å². The Morgan fingerprint density at radius 3 is 2.57 bits per heavy atom. The summed E-state index contributed by atoms with van der Waals surface area (Å²) in [4.78, 5) is 0. The summed E-state index contributed by atoms with van der Waals surface area (Å²) in [6.07, 6.45) is 0. The molecule has 7 heavy (non-hydrogen) atoms. The highest BCUT2D eigenvalue weighted by molar-refractivity contribution is 7.74. The van der Waals surface area contributed by atoms with Crippen LogP contribution in [0, 0.1) is 0 Å². The van der Waals surface area contributed by atoms with Gasteiger partial charge in [0.15, 0.2) is 6.79 Å². The topological polar surface area (TPSA) is 58.6 Å². The molecule has 0 N–H and O–H groups in total. The fraction of sp³-hybridized carbons (Fsp3) is 1.00. The molecule has 0 aliphatic rings. The van der Waals surface area contributed by atoms with E-state index >= 15 is 0 Å². The molecule has 0 radical (unpaired) electrons. The van der Waals surface area contributed by atoms with E-state index in [9.17, 15) is 8.76 Å². The largest absolute Gasteiger partial charge is 0.750 e. The third-order valence-corrected chi connectivity index (χ3v) is 0.551. The Hall–Kier alpha value is 0.0300. The van der Waals surface area contributed by atoms with Crippen molar-refractivity contribution in [3.8, 4) is 0 Å². The zero-order valence-corrected chi connectivity index (χ0v) is 4.56. The van der Waals surface area contributed by atoms with Crippen LogP contribution < -0.4 is 0 Å². The van der Waals surface area contributed by atoms with Crippen molar-refractivity contribution < 1.29 is 17.7 Å². The number of methoxy groups -OCH3 is 1. The number of ether oxygens (including phenoxy) is 1. The molecule has 0 heterocycles. The zero-order chi connectivity index (χ0) is 5.70. The highest BCUT2D eigenvalue weighted by Gasteiger charge is 1.76. The maximum atomic E-state index is 9.46. The van der Waals surface area contributed by atoms with Gasteiger partial charge in [-0.3, -0.25) is 4.18 Å². The summed E-state index contributed by atoms with van der Waals surface area (Å²) in [5.74, 6) is 0. The standard InChI is InChI=1S/C2H6O4S/c1-5-2-6-7(3)4/h2H2,1H3,(H,3,4)/p-1. The summed E-state index contributed by atoms with van der Waals surface area (Å²) in [5, 5.41) is 0. The molecule has 0 bridgehead atoms. The van der Waals surface area contributed by atoms with Crippen LogP contribution in [0.2, 0.25) is 0 Å². The van der Waals surface area contributed by atoms with Crippen molar-refractivity contribution in [2.75, 3.05) is 13.9 Å². The lowest BCUT2D eigenvalue weighted by atomic mass is 11.4. The molecule has 4 nitrogen and oxygen atoms in total. The average Bonchev–Trinajstić information content (AvgIpc) is 1.61. The second kappa shape index (κ2) is 4.20. The lowest BCUT2D eigenvalue weighted by Crippen LogP contribution is -1.98. The van der Waals surface area contributed by atoms with E-state index in [1.165, 1.54) is 7.11 Å². The maximum absolute atomic E-state index is 9.46. The molecule has 0 saturated heterocycles. The average molecular weight is 125 g/mol. The summed E-state index contributed by atoms with van der Waals surface area (Å²) >= 11 is -2.44. The van der Waals surface area contributed by atoms with E-state index in [1.54, 1.807) is 0 Å². The van der Waals surface area contributed by atoms with Crippen LogP contribution in [-0.4, -0.2) is 22.7 Å². The van der Waals surface area contributed by atoms with Gasteiger partial charge in [0.1, 0.15) is 0 Å². The van der Waals surface area contributed by atoms with Crippen LogP contribution in [0.1, 0.15) is 0 Å². The van der Waals surface area contributed by atoms with E-state index in [4.69, 9.17) is 0 Å². The first-order chi connectivity index (χ1) is 3.27. The molecular formula is C2H5O4S-. The molecule has 0 aromatic carbocycles. The van der Waals surface area contributed by atoms with E-state index < -0.39 is 11.4 Å². The SMILES string of the molecule is COCOS(=O)[O-]. The lowest BCUT2D eigenvalue weighted by Gasteiger charge is -2.01. The van der Waals surface area contributed by atoms with Crippen LogP contribution in [0.25, 0.3) is 0 Å². The van der Waals surface area contributed by atoms with Gasteiger partial charge in [-0.2, -0.15) is 0 Å². The van der Waals surface area contributed by atoms with Gasteiger partial charge in [-0.15, -0.1) is 0 Å². The molecule has 1 unspecified atom stereocenters. The number of hydrogen-bond donors (Lipinski definition) is 0. The molecule has 0 spiro atoms. The Kier molecular flexibility index (Phi) is 4.21. The Labute approximate surface area is 43.9 Å². The second-order valence-corrected chi connectivity index (χ2v) is 1.37. The summed E-state index contributed by atoms with van der Waals surface area (Å²) in [6, 6.07) is 0. The third-order valence-electron chi connectivity index (χ3n) is 0.262. The molecule has 5 heteroatoms. The fourth-order valence-electron chi connectivity index (χ4n) is 0.0874. The normalized spacial score (nSPS) is 14.0. The Bertz CT molecular complexity index is 62.7. The van der Waals surface area contributed by atoms with Crippen LogP contribution in [0.15, 0.2) is 0 Å². The smallest absolute Gasteiger partial charge is 0.161 e. The molecule has 44 valence electrons. The number of hydrogen-bond acceptors (Lipinski definition) is 4. The molecule has 0 aromatic heterocycles. The quantitative estimate of drug-likeness (QED) is 0.373. The first-order valence-electron chi connectivity index (χ1n) is 1.49. The van der Waals surface area contributed by atoms with Crippen molar-refractivity contribution in [1.29, 1.82) is 0 Å². The van der Waals surface area contributed by atoms with Crippen molar-refractivity contribution in [1.82, 2.24) is 0 Å². The van der Waals surface area contributed by atoms with Crippen LogP contribution in [0.5, 0.6) is 0 Å². The molecule has 0 rings (SSSR count). The maximum Gasteiger partial charge on any atom is 0.161 e. The zero-order valence-electron chi connectivity index (χ0n) is 3.75. The highest BCUT2D eigenvalue weighted by Crippen LogP contribution is 1.75. The Morgan fingerprint density at radius 1 is 1.86 bits per heavy atom. The molecule has 0 aromatic rings. The first-order valence-corrected chi connectivity index (χ1v) is 2.49. The van der Waals surface area contributed by atoms with Crippen LogP contribution in [0.3, 0.4) is 0 Å². The minimum atomic E-state index is -2.44. The summed E-state index contributed by atoms with van der Waals surface area (Å²) < 4.78 is 27.0. The van der Waals surface area contributed by atoms with Crippen molar-refractivity contribution in [3.05, 3.63) is 0 Å². The van der Waals surface area contributed by atoms with Crippen LogP contribution >= 0.6 is 0 Å².